The van der Waals surface area contributed by atoms with Crippen LogP contribution in [0.5, 0.6) is 5.75 Å². The molecule has 2 unspecified atom stereocenters. The smallest absolute Gasteiger partial charge is 0.119 e. The van der Waals surface area contributed by atoms with Gasteiger partial charge in [0.2, 0.25) is 0 Å². The second-order valence-electron chi connectivity index (χ2n) is 5.11. The van der Waals surface area contributed by atoms with Gasteiger partial charge >= 0.3 is 0 Å². The first-order valence-electron chi connectivity index (χ1n) is 7.49. The molecule has 0 aliphatic carbocycles. The molecule has 1 saturated heterocycles. The van der Waals surface area contributed by atoms with Crippen molar-refractivity contribution in [3.8, 4) is 5.75 Å². The summed E-state index contributed by atoms with van der Waals surface area (Å²) in [6.45, 7) is 9.16. The van der Waals surface area contributed by atoms with Crippen molar-refractivity contribution in [3.05, 3.63) is 29.8 Å². The number of nitrogens with zero attached hydrogens (tertiary/aromatic N) is 1. The van der Waals surface area contributed by atoms with Gasteiger partial charge in [0.1, 0.15) is 5.75 Å². The van der Waals surface area contributed by atoms with E-state index >= 15 is 0 Å². The Morgan fingerprint density at radius 1 is 1.45 bits per heavy atom. The van der Waals surface area contributed by atoms with Gasteiger partial charge in [-0.05, 0) is 30.8 Å². The zero-order chi connectivity index (χ0) is 14.4. The van der Waals surface area contributed by atoms with E-state index < -0.39 is 0 Å². The number of nitrogens with one attached hydrogen (secondary N) is 1. The van der Waals surface area contributed by atoms with Crippen LogP contribution in [0.3, 0.4) is 0 Å². The van der Waals surface area contributed by atoms with Crippen molar-refractivity contribution in [2.75, 3.05) is 39.9 Å². The van der Waals surface area contributed by atoms with Crippen LogP contribution in [0, 0.1) is 0 Å². The molecule has 1 aromatic carbocycles. The minimum absolute atomic E-state index is 0.191. The number of rotatable bonds is 6. The highest BCUT2D eigenvalue weighted by Gasteiger charge is 2.28. The zero-order valence-electron chi connectivity index (χ0n) is 12.8. The van der Waals surface area contributed by atoms with E-state index in [4.69, 9.17) is 9.47 Å². The summed E-state index contributed by atoms with van der Waals surface area (Å²) < 4.78 is 11.3. The predicted octanol–water partition coefficient (Wildman–Crippen LogP) is 2.07. The molecule has 1 aliphatic rings. The van der Waals surface area contributed by atoms with Crippen LogP contribution in [0.4, 0.5) is 0 Å². The number of ether oxygens (including phenoxy) is 2. The van der Waals surface area contributed by atoms with Crippen LogP contribution in [0.25, 0.3) is 0 Å². The standard InChI is InChI=1S/C16H26N2O2/c1-4-17-16(13-7-6-8-14(11-13)19-3)15-12-18(5-2)9-10-20-15/h6-8,11,15-17H,4-5,9-10,12H2,1-3H3. The minimum atomic E-state index is 0.191. The van der Waals surface area contributed by atoms with Crippen molar-refractivity contribution in [2.45, 2.75) is 26.0 Å². The van der Waals surface area contributed by atoms with Crippen molar-refractivity contribution in [3.63, 3.8) is 0 Å². The van der Waals surface area contributed by atoms with Crippen molar-refractivity contribution in [1.82, 2.24) is 10.2 Å². The zero-order valence-corrected chi connectivity index (χ0v) is 12.8. The molecule has 1 aliphatic heterocycles. The monoisotopic (exact) mass is 278 g/mol. The molecule has 0 bridgehead atoms. The Morgan fingerprint density at radius 3 is 3.00 bits per heavy atom. The Morgan fingerprint density at radius 2 is 2.30 bits per heavy atom. The molecule has 4 nitrogen and oxygen atoms in total. The summed E-state index contributed by atoms with van der Waals surface area (Å²) in [6.07, 6.45) is 0.191. The maximum Gasteiger partial charge on any atom is 0.119 e. The third kappa shape index (κ3) is 3.72. The highest BCUT2D eigenvalue weighted by atomic mass is 16.5. The first-order valence-corrected chi connectivity index (χ1v) is 7.49. The van der Waals surface area contributed by atoms with Crippen LogP contribution in [-0.4, -0.2) is 50.9 Å². The SMILES string of the molecule is CCNC(c1cccc(OC)c1)C1CN(CC)CCO1. The van der Waals surface area contributed by atoms with E-state index in [0.29, 0.717) is 0 Å². The summed E-state index contributed by atoms with van der Waals surface area (Å²) in [5.74, 6) is 0.897. The molecular formula is C16H26N2O2. The average molecular weight is 278 g/mol. The summed E-state index contributed by atoms with van der Waals surface area (Å²) in [5, 5.41) is 3.56. The Labute approximate surface area is 122 Å². The third-order valence-electron chi connectivity index (χ3n) is 3.87. The topological polar surface area (TPSA) is 33.7 Å². The van der Waals surface area contributed by atoms with Gasteiger partial charge in [0.25, 0.3) is 0 Å². The number of likely N-dealkylation sites (N-methyl/N-ethyl adjacent to an activating group) is 2. The number of methoxy groups -OCH3 is 1. The maximum absolute atomic E-state index is 6.01. The van der Waals surface area contributed by atoms with Gasteiger partial charge in [0.15, 0.2) is 0 Å². The molecule has 0 amide bonds. The Hall–Kier alpha value is -1.10. The molecule has 0 radical (unpaired) electrons. The summed E-state index contributed by atoms with van der Waals surface area (Å²) in [4.78, 5) is 2.44. The molecule has 0 aromatic heterocycles. The van der Waals surface area contributed by atoms with Gasteiger partial charge in [-0.1, -0.05) is 26.0 Å². The molecule has 1 N–H and O–H groups in total. The van der Waals surface area contributed by atoms with Gasteiger partial charge in [0, 0.05) is 13.1 Å². The molecule has 112 valence electrons. The summed E-state index contributed by atoms with van der Waals surface area (Å²) in [7, 11) is 1.71. The van der Waals surface area contributed by atoms with E-state index in [-0.39, 0.29) is 12.1 Å². The quantitative estimate of drug-likeness (QED) is 0.863. The van der Waals surface area contributed by atoms with Crippen LogP contribution in [-0.2, 0) is 4.74 Å². The van der Waals surface area contributed by atoms with E-state index in [1.54, 1.807) is 7.11 Å². The Balaban J connectivity index is 2.16. The molecule has 1 heterocycles. The Kier molecular flexibility index (Phi) is 5.83. The van der Waals surface area contributed by atoms with Crippen LogP contribution in [0.15, 0.2) is 24.3 Å². The number of hydrogen-bond acceptors (Lipinski definition) is 4. The van der Waals surface area contributed by atoms with E-state index in [0.717, 1.165) is 38.5 Å². The lowest BCUT2D eigenvalue weighted by atomic mass is 9.99. The average Bonchev–Trinajstić information content (AvgIpc) is 2.52. The number of benzene rings is 1. The van der Waals surface area contributed by atoms with Gasteiger partial charge in [-0.3, -0.25) is 4.90 Å². The first kappa shape index (κ1) is 15.3. The normalized spacial score (nSPS) is 21.6. The van der Waals surface area contributed by atoms with Crippen molar-refractivity contribution in [1.29, 1.82) is 0 Å². The van der Waals surface area contributed by atoms with Gasteiger partial charge < -0.3 is 14.8 Å². The summed E-state index contributed by atoms with van der Waals surface area (Å²) in [6, 6.07) is 8.47. The van der Waals surface area contributed by atoms with Gasteiger partial charge in [-0.25, -0.2) is 0 Å². The fourth-order valence-corrected chi connectivity index (χ4v) is 2.74. The van der Waals surface area contributed by atoms with Gasteiger partial charge in [0.05, 0.1) is 25.9 Å². The van der Waals surface area contributed by atoms with Crippen LogP contribution in [0.2, 0.25) is 0 Å². The molecular weight excluding hydrogens is 252 g/mol. The predicted molar refractivity (Wildman–Crippen MR) is 81.3 cm³/mol. The summed E-state index contributed by atoms with van der Waals surface area (Å²) >= 11 is 0. The van der Waals surface area contributed by atoms with Crippen LogP contribution in [0.1, 0.15) is 25.5 Å². The van der Waals surface area contributed by atoms with Crippen LogP contribution < -0.4 is 10.1 Å². The molecule has 0 spiro atoms. The second-order valence-corrected chi connectivity index (χ2v) is 5.11. The number of hydrogen-bond donors (Lipinski definition) is 1. The van der Waals surface area contributed by atoms with Crippen molar-refractivity contribution < 1.29 is 9.47 Å². The lowest BCUT2D eigenvalue weighted by Crippen LogP contribution is -2.48. The molecule has 20 heavy (non-hydrogen) atoms. The molecule has 1 aromatic rings. The van der Waals surface area contributed by atoms with E-state index in [1.165, 1.54) is 5.56 Å². The molecule has 0 saturated carbocycles. The highest BCUT2D eigenvalue weighted by Crippen LogP contribution is 2.25. The van der Waals surface area contributed by atoms with Crippen molar-refractivity contribution in [2.24, 2.45) is 0 Å². The van der Waals surface area contributed by atoms with E-state index in [9.17, 15) is 0 Å². The molecule has 4 heteroatoms. The molecule has 1 fully saturated rings. The van der Waals surface area contributed by atoms with E-state index in [2.05, 4.69) is 36.2 Å². The third-order valence-corrected chi connectivity index (χ3v) is 3.87. The first-order chi connectivity index (χ1) is 9.78. The minimum Gasteiger partial charge on any atom is -0.497 e. The van der Waals surface area contributed by atoms with Crippen molar-refractivity contribution >= 4 is 0 Å². The second kappa shape index (κ2) is 7.62. The fourth-order valence-electron chi connectivity index (χ4n) is 2.74. The van der Waals surface area contributed by atoms with Gasteiger partial charge in [-0.2, -0.15) is 0 Å². The molecule has 2 rings (SSSR count). The molecule has 2 atom stereocenters. The Bertz CT molecular complexity index is 411. The van der Waals surface area contributed by atoms with Gasteiger partial charge in [-0.15, -0.1) is 0 Å². The summed E-state index contributed by atoms with van der Waals surface area (Å²) in [5.41, 5.74) is 1.23. The number of morpholine rings is 1. The largest absolute Gasteiger partial charge is 0.497 e. The lowest BCUT2D eigenvalue weighted by molar-refractivity contribution is -0.0453. The van der Waals surface area contributed by atoms with Crippen LogP contribution >= 0.6 is 0 Å². The maximum atomic E-state index is 6.01. The lowest BCUT2D eigenvalue weighted by Gasteiger charge is -2.37. The fraction of sp³-hybridized carbons (Fsp3) is 0.625. The highest BCUT2D eigenvalue weighted by molar-refractivity contribution is 5.31. The van der Waals surface area contributed by atoms with E-state index in [1.807, 2.05) is 12.1 Å².